The van der Waals surface area contributed by atoms with Crippen LogP contribution in [0.3, 0.4) is 0 Å². The summed E-state index contributed by atoms with van der Waals surface area (Å²) in [6, 6.07) is 3.34. The van der Waals surface area contributed by atoms with Crippen LogP contribution in [-0.4, -0.2) is 22.7 Å². The van der Waals surface area contributed by atoms with Crippen LogP contribution in [0.15, 0.2) is 18.2 Å². The van der Waals surface area contributed by atoms with Crippen molar-refractivity contribution < 1.29 is 14.4 Å². The van der Waals surface area contributed by atoms with E-state index in [2.05, 4.69) is 5.32 Å². The Morgan fingerprint density at radius 2 is 2.17 bits per heavy atom. The van der Waals surface area contributed by atoms with Crippen LogP contribution in [0.4, 0.5) is 10.1 Å². The third-order valence-electron chi connectivity index (χ3n) is 2.68. The standard InChI is InChI=1S/C12H17FN2O3/c1-8(2)12(16)7-14-6-9-5-10(13)3-4-11(9)15(17)18/h3-5,8,12,14,16H,6-7H2,1-2H3. The fraction of sp³-hybridized carbons (Fsp3) is 0.500. The van der Waals surface area contributed by atoms with E-state index in [1.165, 1.54) is 0 Å². The van der Waals surface area contributed by atoms with E-state index in [0.29, 0.717) is 6.54 Å². The zero-order valence-corrected chi connectivity index (χ0v) is 10.4. The van der Waals surface area contributed by atoms with Gasteiger partial charge in [-0.3, -0.25) is 10.1 Å². The van der Waals surface area contributed by atoms with Gasteiger partial charge in [0, 0.05) is 24.7 Å². The van der Waals surface area contributed by atoms with Gasteiger partial charge in [-0.25, -0.2) is 4.39 Å². The smallest absolute Gasteiger partial charge is 0.274 e. The molecule has 0 heterocycles. The molecule has 100 valence electrons. The minimum absolute atomic E-state index is 0.0972. The lowest BCUT2D eigenvalue weighted by atomic mass is 10.1. The number of aliphatic hydroxyl groups excluding tert-OH is 1. The van der Waals surface area contributed by atoms with Crippen LogP contribution in [0.25, 0.3) is 0 Å². The number of nitro groups is 1. The monoisotopic (exact) mass is 256 g/mol. The van der Waals surface area contributed by atoms with Crippen LogP contribution >= 0.6 is 0 Å². The highest BCUT2D eigenvalue weighted by Crippen LogP contribution is 2.19. The zero-order chi connectivity index (χ0) is 13.7. The summed E-state index contributed by atoms with van der Waals surface area (Å²) in [7, 11) is 0. The van der Waals surface area contributed by atoms with Crippen LogP contribution in [-0.2, 0) is 6.54 Å². The van der Waals surface area contributed by atoms with E-state index in [4.69, 9.17) is 0 Å². The fourth-order valence-electron chi connectivity index (χ4n) is 1.46. The zero-order valence-electron chi connectivity index (χ0n) is 10.4. The topological polar surface area (TPSA) is 75.4 Å². The minimum atomic E-state index is -0.546. The lowest BCUT2D eigenvalue weighted by molar-refractivity contribution is -0.385. The Balaban J connectivity index is 2.66. The van der Waals surface area contributed by atoms with E-state index >= 15 is 0 Å². The molecule has 1 aromatic rings. The van der Waals surface area contributed by atoms with E-state index in [1.54, 1.807) is 0 Å². The largest absolute Gasteiger partial charge is 0.392 e. The highest BCUT2D eigenvalue weighted by atomic mass is 19.1. The van der Waals surface area contributed by atoms with Crippen LogP contribution in [0.5, 0.6) is 0 Å². The predicted molar refractivity (Wildman–Crippen MR) is 65.6 cm³/mol. The molecule has 0 aromatic heterocycles. The van der Waals surface area contributed by atoms with Crippen LogP contribution in [0.1, 0.15) is 19.4 Å². The second-order valence-electron chi connectivity index (χ2n) is 4.47. The van der Waals surface area contributed by atoms with Gasteiger partial charge >= 0.3 is 0 Å². The van der Waals surface area contributed by atoms with Gasteiger partial charge < -0.3 is 10.4 Å². The molecule has 0 bridgehead atoms. The van der Waals surface area contributed by atoms with E-state index in [9.17, 15) is 19.6 Å². The molecule has 1 rings (SSSR count). The van der Waals surface area contributed by atoms with Crippen molar-refractivity contribution in [2.45, 2.75) is 26.5 Å². The van der Waals surface area contributed by atoms with Crippen molar-refractivity contribution in [2.75, 3.05) is 6.54 Å². The summed E-state index contributed by atoms with van der Waals surface area (Å²) in [6.45, 7) is 4.21. The predicted octanol–water partition coefficient (Wildman–Crippen LogP) is 1.84. The molecule has 2 N–H and O–H groups in total. The Morgan fingerprint density at radius 1 is 1.50 bits per heavy atom. The highest BCUT2D eigenvalue weighted by molar-refractivity contribution is 5.40. The first-order valence-corrected chi connectivity index (χ1v) is 5.73. The van der Waals surface area contributed by atoms with Gasteiger partial charge in [-0.15, -0.1) is 0 Å². The molecule has 0 fully saturated rings. The Labute approximate surface area is 105 Å². The molecule has 0 spiro atoms. The third kappa shape index (κ3) is 4.05. The van der Waals surface area contributed by atoms with Crippen LogP contribution in [0.2, 0.25) is 0 Å². The van der Waals surface area contributed by atoms with Crippen molar-refractivity contribution in [1.29, 1.82) is 0 Å². The molecule has 6 heteroatoms. The number of halogens is 1. The summed E-state index contributed by atoms with van der Waals surface area (Å²) >= 11 is 0. The normalized spacial score (nSPS) is 12.7. The van der Waals surface area contributed by atoms with Gasteiger partial charge in [0.05, 0.1) is 11.0 Å². The third-order valence-corrected chi connectivity index (χ3v) is 2.68. The molecule has 0 saturated carbocycles. The molecule has 0 aliphatic heterocycles. The highest BCUT2D eigenvalue weighted by Gasteiger charge is 2.15. The number of hydrogen-bond donors (Lipinski definition) is 2. The Morgan fingerprint density at radius 3 is 2.72 bits per heavy atom. The van der Waals surface area contributed by atoms with Gasteiger partial charge in [0.25, 0.3) is 5.69 Å². The maximum absolute atomic E-state index is 13.0. The van der Waals surface area contributed by atoms with Crippen molar-refractivity contribution in [1.82, 2.24) is 5.32 Å². The summed E-state index contributed by atoms with van der Waals surface area (Å²) in [5.74, 6) is -0.415. The summed E-state index contributed by atoms with van der Waals surface area (Å²) in [5.41, 5.74) is 0.152. The Kier molecular flexibility index (Phi) is 5.18. The molecule has 1 unspecified atom stereocenters. The maximum Gasteiger partial charge on any atom is 0.274 e. The number of nitrogens with zero attached hydrogens (tertiary/aromatic N) is 1. The Hall–Kier alpha value is -1.53. The average Bonchev–Trinajstić information content (AvgIpc) is 2.28. The number of nitrogens with one attached hydrogen (secondary N) is 1. The molecule has 0 amide bonds. The van der Waals surface area contributed by atoms with Gasteiger partial charge in [0.1, 0.15) is 5.82 Å². The lowest BCUT2D eigenvalue weighted by Gasteiger charge is -2.15. The van der Waals surface area contributed by atoms with E-state index in [1.807, 2.05) is 13.8 Å². The maximum atomic E-state index is 13.0. The minimum Gasteiger partial charge on any atom is -0.392 e. The summed E-state index contributed by atoms with van der Waals surface area (Å²) in [5, 5.41) is 23.2. The van der Waals surface area contributed by atoms with Gasteiger partial charge in [0.2, 0.25) is 0 Å². The summed E-state index contributed by atoms with van der Waals surface area (Å²) < 4.78 is 13.0. The SMILES string of the molecule is CC(C)C(O)CNCc1cc(F)ccc1[N+](=O)[O-]. The number of rotatable bonds is 6. The average molecular weight is 256 g/mol. The van der Waals surface area contributed by atoms with Crippen LogP contribution < -0.4 is 5.32 Å². The molecule has 5 nitrogen and oxygen atoms in total. The molecule has 0 aliphatic rings. The molecule has 1 atom stereocenters. The molecule has 18 heavy (non-hydrogen) atoms. The van der Waals surface area contributed by atoms with E-state index in [-0.39, 0.29) is 23.7 Å². The number of aliphatic hydroxyl groups is 1. The summed E-state index contributed by atoms with van der Waals surface area (Å²) in [6.07, 6.45) is -0.530. The molecular formula is C12H17FN2O3. The van der Waals surface area contributed by atoms with Crippen molar-refractivity contribution in [3.63, 3.8) is 0 Å². The number of benzene rings is 1. The van der Waals surface area contributed by atoms with E-state index < -0.39 is 16.8 Å². The Bertz CT molecular complexity index is 424. The lowest BCUT2D eigenvalue weighted by Crippen LogP contribution is -2.30. The van der Waals surface area contributed by atoms with Crippen LogP contribution in [0, 0.1) is 21.8 Å². The van der Waals surface area contributed by atoms with Gasteiger partial charge in [-0.1, -0.05) is 13.8 Å². The van der Waals surface area contributed by atoms with E-state index in [0.717, 1.165) is 18.2 Å². The van der Waals surface area contributed by atoms with Gasteiger partial charge in [-0.2, -0.15) is 0 Å². The first-order chi connectivity index (χ1) is 8.41. The second-order valence-corrected chi connectivity index (χ2v) is 4.47. The number of nitro benzene ring substituents is 1. The molecule has 0 aliphatic carbocycles. The van der Waals surface area contributed by atoms with Crippen molar-refractivity contribution in [3.8, 4) is 0 Å². The van der Waals surface area contributed by atoms with Crippen molar-refractivity contribution in [2.24, 2.45) is 5.92 Å². The first kappa shape index (κ1) is 14.5. The van der Waals surface area contributed by atoms with Crippen molar-refractivity contribution in [3.05, 3.63) is 39.7 Å². The van der Waals surface area contributed by atoms with Gasteiger partial charge in [-0.05, 0) is 18.1 Å². The molecule has 1 aromatic carbocycles. The summed E-state index contributed by atoms with van der Waals surface area (Å²) in [4.78, 5) is 10.2. The van der Waals surface area contributed by atoms with Crippen molar-refractivity contribution >= 4 is 5.69 Å². The molecule has 0 saturated heterocycles. The quantitative estimate of drug-likeness (QED) is 0.601. The van der Waals surface area contributed by atoms with Gasteiger partial charge in [0.15, 0.2) is 0 Å². The fourth-order valence-corrected chi connectivity index (χ4v) is 1.46. The molecule has 0 radical (unpaired) electrons. The second kappa shape index (κ2) is 6.42. The molecular weight excluding hydrogens is 239 g/mol. The number of hydrogen-bond acceptors (Lipinski definition) is 4. The first-order valence-electron chi connectivity index (χ1n) is 5.73.